The van der Waals surface area contributed by atoms with Gasteiger partial charge in [0, 0.05) is 5.69 Å². The lowest BCUT2D eigenvalue weighted by Crippen LogP contribution is -2.50. The van der Waals surface area contributed by atoms with E-state index in [0.717, 1.165) is 11.3 Å². The summed E-state index contributed by atoms with van der Waals surface area (Å²) in [7, 11) is 0. The molecule has 1 aromatic rings. The number of urea groups is 1. The van der Waals surface area contributed by atoms with Crippen molar-refractivity contribution >= 4 is 11.7 Å². The molecule has 18 heavy (non-hydrogen) atoms. The molecule has 4 nitrogen and oxygen atoms in total. The van der Waals surface area contributed by atoms with Crippen LogP contribution in [0.3, 0.4) is 0 Å². The van der Waals surface area contributed by atoms with Crippen molar-refractivity contribution < 1.29 is 9.90 Å². The summed E-state index contributed by atoms with van der Waals surface area (Å²) in [5.74, 6) is 0. The Balaban J connectivity index is 2.67. The molecule has 0 aliphatic rings. The van der Waals surface area contributed by atoms with E-state index in [2.05, 4.69) is 10.6 Å². The van der Waals surface area contributed by atoms with Crippen LogP contribution in [0.2, 0.25) is 0 Å². The number of aliphatic hydroxyl groups excluding tert-OH is 1. The maximum atomic E-state index is 11.8. The Bertz CT molecular complexity index is 426. The van der Waals surface area contributed by atoms with Crippen molar-refractivity contribution in [2.75, 3.05) is 11.9 Å². The van der Waals surface area contributed by atoms with Gasteiger partial charge in [0.2, 0.25) is 0 Å². The maximum absolute atomic E-state index is 11.8. The van der Waals surface area contributed by atoms with Crippen LogP contribution in [0.25, 0.3) is 0 Å². The summed E-state index contributed by atoms with van der Waals surface area (Å²) in [6.45, 7) is 7.69. The molecule has 0 aliphatic heterocycles. The standard InChI is InChI=1S/C14H22N2O2/c1-5-14(4,9-17)16-13(18)15-12-7-6-10(2)11(3)8-12/h6-8,17H,5,9H2,1-4H3,(H2,15,16,18). The van der Waals surface area contributed by atoms with E-state index in [1.165, 1.54) is 5.56 Å². The van der Waals surface area contributed by atoms with E-state index in [0.29, 0.717) is 6.42 Å². The van der Waals surface area contributed by atoms with Gasteiger partial charge in [-0.2, -0.15) is 0 Å². The van der Waals surface area contributed by atoms with E-state index in [1.54, 1.807) is 0 Å². The second-order valence-electron chi connectivity index (χ2n) is 4.95. The third kappa shape index (κ3) is 3.74. The van der Waals surface area contributed by atoms with Crippen LogP contribution in [0, 0.1) is 13.8 Å². The lowest BCUT2D eigenvalue weighted by atomic mass is 10.0. The van der Waals surface area contributed by atoms with Gasteiger partial charge in [0.25, 0.3) is 0 Å². The van der Waals surface area contributed by atoms with Crippen molar-refractivity contribution in [1.29, 1.82) is 0 Å². The van der Waals surface area contributed by atoms with Crippen molar-refractivity contribution in [1.82, 2.24) is 5.32 Å². The fourth-order valence-electron chi connectivity index (χ4n) is 1.50. The van der Waals surface area contributed by atoms with E-state index in [9.17, 15) is 9.90 Å². The average Bonchev–Trinajstić information content (AvgIpc) is 2.33. The summed E-state index contributed by atoms with van der Waals surface area (Å²) < 4.78 is 0. The normalized spacial score (nSPS) is 13.8. The van der Waals surface area contributed by atoms with Gasteiger partial charge in [-0.1, -0.05) is 13.0 Å². The molecule has 0 radical (unpaired) electrons. The molecular formula is C14H22N2O2. The first-order valence-corrected chi connectivity index (χ1v) is 6.17. The first-order chi connectivity index (χ1) is 8.40. The number of carbonyl (C=O) groups excluding carboxylic acids is 1. The van der Waals surface area contributed by atoms with E-state index < -0.39 is 5.54 Å². The number of nitrogens with one attached hydrogen (secondary N) is 2. The second kappa shape index (κ2) is 5.87. The molecule has 1 unspecified atom stereocenters. The summed E-state index contributed by atoms with van der Waals surface area (Å²) in [6.07, 6.45) is 0.670. The number of carbonyl (C=O) groups is 1. The Morgan fingerprint density at radius 1 is 1.33 bits per heavy atom. The summed E-state index contributed by atoms with van der Waals surface area (Å²) >= 11 is 0. The number of hydrogen-bond donors (Lipinski definition) is 3. The zero-order valence-corrected chi connectivity index (χ0v) is 11.5. The van der Waals surface area contributed by atoms with Gasteiger partial charge in [-0.3, -0.25) is 0 Å². The quantitative estimate of drug-likeness (QED) is 0.769. The zero-order valence-electron chi connectivity index (χ0n) is 11.5. The number of aliphatic hydroxyl groups is 1. The molecule has 1 rings (SSSR count). The Kier molecular flexibility index (Phi) is 4.73. The maximum Gasteiger partial charge on any atom is 0.319 e. The van der Waals surface area contributed by atoms with Crippen LogP contribution >= 0.6 is 0 Å². The fraction of sp³-hybridized carbons (Fsp3) is 0.500. The SMILES string of the molecule is CCC(C)(CO)NC(=O)Nc1ccc(C)c(C)c1. The molecule has 0 bridgehead atoms. The number of anilines is 1. The fourth-order valence-corrected chi connectivity index (χ4v) is 1.50. The number of hydrogen-bond acceptors (Lipinski definition) is 2. The predicted octanol–water partition coefficient (Wildman–Crippen LogP) is 2.59. The Morgan fingerprint density at radius 2 is 2.00 bits per heavy atom. The van der Waals surface area contributed by atoms with Gasteiger partial charge in [0.15, 0.2) is 0 Å². The highest BCUT2D eigenvalue weighted by Gasteiger charge is 2.23. The third-order valence-corrected chi connectivity index (χ3v) is 3.31. The number of benzene rings is 1. The molecule has 0 saturated heterocycles. The minimum Gasteiger partial charge on any atom is -0.394 e. The average molecular weight is 250 g/mol. The first kappa shape index (κ1) is 14.5. The van der Waals surface area contributed by atoms with Crippen LogP contribution < -0.4 is 10.6 Å². The highest BCUT2D eigenvalue weighted by Crippen LogP contribution is 2.14. The van der Waals surface area contributed by atoms with Gasteiger partial charge in [-0.15, -0.1) is 0 Å². The van der Waals surface area contributed by atoms with E-state index >= 15 is 0 Å². The lowest BCUT2D eigenvalue weighted by molar-refractivity contribution is 0.172. The van der Waals surface area contributed by atoms with Crippen molar-refractivity contribution in [3.05, 3.63) is 29.3 Å². The number of aryl methyl sites for hydroxylation is 2. The molecule has 3 N–H and O–H groups in total. The lowest BCUT2D eigenvalue weighted by Gasteiger charge is -2.27. The minimum absolute atomic E-state index is 0.0795. The van der Waals surface area contributed by atoms with Crippen molar-refractivity contribution in [3.8, 4) is 0 Å². The first-order valence-electron chi connectivity index (χ1n) is 6.17. The highest BCUT2D eigenvalue weighted by molar-refractivity contribution is 5.89. The van der Waals surface area contributed by atoms with Crippen molar-refractivity contribution in [3.63, 3.8) is 0 Å². The summed E-state index contributed by atoms with van der Waals surface area (Å²) in [5, 5.41) is 14.8. The van der Waals surface area contributed by atoms with Crippen molar-refractivity contribution in [2.45, 2.75) is 39.7 Å². The van der Waals surface area contributed by atoms with E-state index in [1.807, 2.05) is 45.9 Å². The summed E-state index contributed by atoms with van der Waals surface area (Å²) in [4.78, 5) is 11.8. The van der Waals surface area contributed by atoms with Gasteiger partial charge in [0.05, 0.1) is 12.1 Å². The monoisotopic (exact) mass is 250 g/mol. The molecule has 0 fully saturated rings. The molecule has 0 aliphatic carbocycles. The Morgan fingerprint density at radius 3 is 2.50 bits per heavy atom. The molecule has 100 valence electrons. The topological polar surface area (TPSA) is 61.4 Å². The minimum atomic E-state index is -0.580. The summed E-state index contributed by atoms with van der Waals surface area (Å²) in [5.41, 5.74) is 2.50. The van der Waals surface area contributed by atoms with Gasteiger partial charge >= 0.3 is 6.03 Å². The van der Waals surface area contributed by atoms with E-state index in [4.69, 9.17) is 0 Å². The molecular weight excluding hydrogens is 228 g/mol. The van der Waals surface area contributed by atoms with Crippen LogP contribution in [0.1, 0.15) is 31.4 Å². The highest BCUT2D eigenvalue weighted by atomic mass is 16.3. The second-order valence-corrected chi connectivity index (χ2v) is 4.95. The molecule has 0 aromatic heterocycles. The molecule has 0 heterocycles. The molecule has 0 spiro atoms. The molecule has 2 amide bonds. The molecule has 4 heteroatoms. The number of amides is 2. The van der Waals surface area contributed by atoms with Crippen LogP contribution in [-0.4, -0.2) is 23.3 Å². The van der Waals surface area contributed by atoms with Gasteiger partial charge < -0.3 is 15.7 Å². The van der Waals surface area contributed by atoms with E-state index in [-0.39, 0.29) is 12.6 Å². The van der Waals surface area contributed by atoms with Gasteiger partial charge in [-0.25, -0.2) is 4.79 Å². The van der Waals surface area contributed by atoms with Crippen LogP contribution in [0.5, 0.6) is 0 Å². The number of rotatable bonds is 4. The molecule has 1 atom stereocenters. The third-order valence-electron chi connectivity index (χ3n) is 3.31. The molecule has 0 saturated carbocycles. The van der Waals surface area contributed by atoms with Crippen LogP contribution in [0.4, 0.5) is 10.5 Å². The van der Waals surface area contributed by atoms with Crippen LogP contribution in [-0.2, 0) is 0 Å². The molecule has 1 aromatic carbocycles. The van der Waals surface area contributed by atoms with Gasteiger partial charge in [-0.05, 0) is 50.5 Å². The largest absolute Gasteiger partial charge is 0.394 e. The summed E-state index contributed by atoms with van der Waals surface area (Å²) in [6, 6.07) is 5.47. The Hall–Kier alpha value is -1.55. The zero-order chi connectivity index (χ0) is 13.8. The van der Waals surface area contributed by atoms with Crippen LogP contribution in [0.15, 0.2) is 18.2 Å². The predicted molar refractivity (Wildman–Crippen MR) is 73.9 cm³/mol. The van der Waals surface area contributed by atoms with Gasteiger partial charge in [0.1, 0.15) is 0 Å². The van der Waals surface area contributed by atoms with Crippen molar-refractivity contribution in [2.24, 2.45) is 0 Å². The Labute approximate surface area is 108 Å². The smallest absolute Gasteiger partial charge is 0.319 e.